The van der Waals surface area contributed by atoms with E-state index in [2.05, 4.69) is 6.58 Å². The second-order valence-electron chi connectivity index (χ2n) is 4.02. The molecule has 0 aromatic heterocycles. The molecule has 0 N–H and O–H groups in total. The number of rotatable bonds is 6. The van der Waals surface area contributed by atoms with Crippen molar-refractivity contribution in [2.75, 3.05) is 6.61 Å². The maximum atomic E-state index is 11.5. The van der Waals surface area contributed by atoms with E-state index in [4.69, 9.17) is 9.47 Å². The van der Waals surface area contributed by atoms with Gasteiger partial charge >= 0.3 is 5.97 Å². The van der Waals surface area contributed by atoms with Gasteiger partial charge in [-0.25, -0.2) is 4.79 Å². The van der Waals surface area contributed by atoms with E-state index in [0.717, 1.165) is 11.1 Å². The van der Waals surface area contributed by atoms with E-state index in [-0.39, 0.29) is 0 Å². The quantitative estimate of drug-likeness (QED) is 0.335. The van der Waals surface area contributed by atoms with Gasteiger partial charge in [0.15, 0.2) is 0 Å². The molecular weight excluding hydrogens is 228 g/mol. The molecule has 0 heterocycles. The molecule has 3 heteroatoms. The van der Waals surface area contributed by atoms with Gasteiger partial charge in [-0.2, -0.15) is 0 Å². The van der Waals surface area contributed by atoms with E-state index in [0.29, 0.717) is 6.61 Å². The Balaban J connectivity index is 2.37. The maximum Gasteiger partial charge on any atom is 0.333 e. The fraction of sp³-hybridized carbons (Fsp3) is 0.267. The zero-order valence-corrected chi connectivity index (χ0v) is 10.8. The lowest BCUT2D eigenvalue weighted by molar-refractivity contribution is -0.166. The van der Waals surface area contributed by atoms with Crippen LogP contribution in [0.15, 0.2) is 48.6 Å². The normalized spacial score (nSPS) is 12.3. The summed E-state index contributed by atoms with van der Waals surface area (Å²) < 4.78 is 10.3. The van der Waals surface area contributed by atoms with Gasteiger partial charge in [0.05, 0.1) is 6.61 Å². The van der Waals surface area contributed by atoms with Crippen molar-refractivity contribution in [2.24, 2.45) is 0 Å². The van der Waals surface area contributed by atoms with Crippen LogP contribution in [-0.4, -0.2) is 18.9 Å². The molecule has 1 aromatic rings. The Kier molecular flexibility index (Phi) is 5.88. The van der Waals surface area contributed by atoms with Gasteiger partial charge < -0.3 is 9.47 Å². The van der Waals surface area contributed by atoms with Crippen molar-refractivity contribution in [1.29, 1.82) is 0 Å². The first-order chi connectivity index (χ1) is 8.58. The second-order valence-corrected chi connectivity index (χ2v) is 4.02. The summed E-state index contributed by atoms with van der Waals surface area (Å²) in [6, 6.07) is 9.55. The van der Waals surface area contributed by atoms with Gasteiger partial charge in [0.1, 0.15) is 0 Å². The number of esters is 1. The average Bonchev–Trinajstić information content (AvgIpc) is 2.35. The van der Waals surface area contributed by atoms with Gasteiger partial charge in [-0.1, -0.05) is 42.5 Å². The molecule has 0 aliphatic carbocycles. The lowest BCUT2D eigenvalue weighted by Gasteiger charge is -2.12. The van der Waals surface area contributed by atoms with E-state index in [1.54, 1.807) is 13.0 Å². The predicted octanol–water partition coefficient (Wildman–Crippen LogP) is 3.18. The zero-order valence-electron chi connectivity index (χ0n) is 10.8. The molecule has 0 spiro atoms. The number of carbonyl (C=O) groups is 1. The van der Waals surface area contributed by atoms with Crippen LogP contribution in [0.5, 0.6) is 0 Å². The van der Waals surface area contributed by atoms with Crippen LogP contribution < -0.4 is 0 Å². The minimum Gasteiger partial charge on any atom is -0.433 e. The average molecular weight is 246 g/mol. The fourth-order valence-corrected chi connectivity index (χ4v) is 1.22. The Morgan fingerprint density at radius 3 is 2.67 bits per heavy atom. The molecule has 0 aliphatic rings. The first-order valence-corrected chi connectivity index (χ1v) is 5.77. The summed E-state index contributed by atoms with van der Waals surface area (Å²) in [7, 11) is 0. The van der Waals surface area contributed by atoms with E-state index >= 15 is 0 Å². The van der Waals surface area contributed by atoms with Gasteiger partial charge in [-0.15, -0.1) is 0 Å². The summed E-state index contributed by atoms with van der Waals surface area (Å²) in [6.45, 7) is 7.62. The third-order valence-corrected chi connectivity index (χ3v) is 2.06. The Bertz CT molecular complexity index is 421. The van der Waals surface area contributed by atoms with E-state index < -0.39 is 12.3 Å². The SMILES string of the molecule is C=C(C)COC(C)OC(=O)/C=C/c1ccccc1. The van der Waals surface area contributed by atoms with Crippen molar-refractivity contribution in [3.8, 4) is 0 Å². The molecule has 0 aliphatic heterocycles. The summed E-state index contributed by atoms with van der Waals surface area (Å²) in [5.41, 5.74) is 1.84. The summed E-state index contributed by atoms with van der Waals surface area (Å²) in [6.07, 6.45) is 2.51. The highest BCUT2D eigenvalue weighted by molar-refractivity contribution is 5.87. The molecule has 1 unspecified atom stereocenters. The Labute approximate surface area is 108 Å². The van der Waals surface area contributed by atoms with Crippen molar-refractivity contribution in [2.45, 2.75) is 20.1 Å². The smallest absolute Gasteiger partial charge is 0.333 e. The highest BCUT2D eigenvalue weighted by Crippen LogP contribution is 2.03. The van der Waals surface area contributed by atoms with Crippen LogP contribution in [-0.2, 0) is 14.3 Å². The number of benzene rings is 1. The van der Waals surface area contributed by atoms with Gasteiger partial charge in [-0.05, 0) is 25.5 Å². The van der Waals surface area contributed by atoms with Crippen molar-refractivity contribution >= 4 is 12.0 Å². The molecular formula is C15H18O3. The number of ether oxygens (including phenoxy) is 2. The van der Waals surface area contributed by atoms with Crippen molar-refractivity contribution < 1.29 is 14.3 Å². The standard InChI is InChI=1S/C15H18O3/c1-12(2)11-17-13(3)18-15(16)10-9-14-7-5-4-6-8-14/h4-10,13H,1,11H2,2-3H3/b10-9+. The largest absolute Gasteiger partial charge is 0.433 e. The fourth-order valence-electron chi connectivity index (χ4n) is 1.22. The summed E-state index contributed by atoms with van der Waals surface area (Å²) in [5, 5.41) is 0. The van der Waals surface area contributed by atoms with Crippen LogP contribution in [0, 0.1) is 0 Å². The number of hydrogen-bond acceptors (Lipinski definition) is 3. The second kappa shape index (κ2) is 7.45. The molecule has 1 rings (SSSR count). The maximum absolute atomic E-state index is 11.5. The Hall–Kier alpha value is -1.87. The number of hydrogen-bond donors (Lipinski definition) is 0. The minimum absolute atomic E-state index is 0.386. The molecule has 0 bridgehead atoms. The van der Waals surface area contributed by atoms with Gasteiger partial charge in [0.25, 0.3) is 0 Å². The molecule has 0 saturated carbocycles. The van der Waals surface area contributed by atoms with Crippen LogP contribution in [0.25, 0.3) is 6.08 Å². The molecule has 0 fully saturated rings. The van der Waals surface area contributed by atoms with Crippen molar-refractivity contribution in [1.82, 2.24) is 0 Å². The van der Waals surface area contributed by atoms with Crippen LogP contribution >= 0.6 is 0 Å². The number of carbonyl (C=O) groups excluding carboxylic acids is 1. The van der Waals surface area contributed by atoms with Gasteiger partial charge in [0, 0.05) is 6.08 Å². The van der Waals surface area contributed by atoms with E-state index in [9.17, 15) is 4.79 Å². The predicted molar refractivity (Wildman–Crippen MR) is 71.8 cm³/mol. The molecule has 0 amide bonds. The molecule has 0 saturated heterocycles. The molecule has 3 nitrogen and oxygen atoms in total. The zero-order chi connectivity index (χ0) is 13.4. The molecule has 18 heavy (non-hydrogen) atoms. The molecule has 96 valence electrons. The lowest BCUT2D eigenvalue weighted by Crippen LogP contribution is -2.17. The molecule has 1 aromatic carbocycles. The van der Waals surface area contributed by atoms with Crippen LogP contribution in [0.4, 0.5) is 0 Å². The Morgan fingerprint density at radius 2 is 2.06 bits per heavy atom. The van der Waals surface area contributed by atoms with E-state index in [1.807, 2.05) is 37.3 Å². The van der Waals surface area contributed by atoms with E-state index in [1.165, 1.54) is 6.08 Å². The van der Waals surface area contributed by atoms with Crippen LogP contribution in [0.3, 0.4) is 0 Å². The Morgan fingerprint density at radius 1 is 1.39 bits per heavy atom. The third kappa shape index (κ3) is 6.01. The third-order valence-electron chi connectivity index (χ3n) is 2.06. The summed E-state index contributed by atoms with van der Waals surface area (Å²) >= 11 is 0. The molecule has 0 radical (unpaired) electrons. The van der Waals surface area contributed by atoms with Gasteiger partial charge in [0.2, 0.25) is 6.29 Å². The van der Waals surface area contributed by atoms with Crippen molar-refractivity contribution in [3.63, 3.8) is 0 Å². The first-order valence-electron chi connectivity index (χ1n) is 5.77. The monoisotopic (exact) mass is 246 g/mol. The minimum atomic E-state index is -0.574. The highest BCUT2D eigenvalue weighted by Gasteiger charge is 2.06. The van der Waals surface area contributed by atoms with Crippen LogP contribution in [0.1, 0.15) is 19.4 Å². The lowest BCUT2D eigenvalue weighted by atomic mass is 10.2. The molecule has 1 atom stereocenters. The van der Waals surface area contributed by atoms with Crippen LogP contribution in [0.2, 0.25) is 0 Å². The van der Waals surface area contributed by atoms with Gasteiger partial charge in [-0.3, -0.25) is 0 Å². The summed E-state index contributed by atoms with van der Waals surface area (Å²) in [4.78, 5) is 11.5. The first kappa shape index (κ1) is 14.2. The highest BCUT2D eigenvalue weighted by atomic mass is 16.7. The van der Waals surface area contributed by atoms with Crippen molar-refractivity contribution in [3.05, 3.63) is 54.1 Å². The summed E-state index contributed by atoms with van der Waals surface area (Å²) in [5.74, 6) is -0.423. The topological polar surface area (TPSA) is 35.5 Å².